The minimum Gasteiger partial charge on any atom is -0.225 e. The number of halogens is 6. The van der Waals surface area contributed by atoms with Crippen LogP contribution in [0, 0.1) is 11.6 Å². The summed E-state index contributed by atoms with van der Waals surface area (Å²) >= 11 is 5.40. The molecular weight excluding hydrogens is 291 g/mol. The molecule has 102 valence electrons. The van der Waals surface area contributed by atoms with Gasteiger partial charge in [0.1, 0.15) is 11.5 Å². The molecule has 0 bridgehead atoms. The number of hydrogen-bond acceptors (Lipinski definition) is 1. The standard InChI is InChI=1S/C11H6ClF5N2/c12-4-6-5-18-19(10(6)11(15,16)17)9-2-1-7(13)3-8(9)14/h1-3,5H,4H2. The number of benzene rings is 1. The van der Waals surface area contributed by atoms with E-state index >= 15 is 0 Å². The third kappa shape index (κ3) is 2.56. The highest BCUT2D eigenvalue weighted by atomic mass is 35.5. The van der Waals surface area contributed by atoms with Crippen molar-refractivity contribution in [2.45, 2.75) is 12.1 Å². The Bertz CT molecular complexity index is 606. The van der Waals surface area contributed by atoms with E-state index in [0.29, 0.717) is 10.7 Å². The largest absolute Gasteiger partial charge is 0.433 e. The molecule has 1 heterocycles. The molecule has 2 nitrogen and oxygen atoms in total. The van der Waals surface area contributed by atoms with Crippen molar-refractivity contribution < 1.29 is 22.0 Å². The minimum absolute atomic E-state index is 0.280. The Hall–Kier alpha value is -1.63. The first kappa shape index (κ1) is 13.8. The van der Waals surface area contributed by atoms with Crippen LogP contribution in [-0.2, 0) is 12.1 Å². The van der Waals surface area contributed by atoms with Crippen LogP contribution in [0.1, 0.15) is 11.3 Å². The van der Waals surface area contributed by atoms with Gasteiger partial charge < -0.3 is 0 Å². The Morgan fingerprint density at radius 2 is 1.89 bits per heavy atom. The summed E-state index contributed by atoms with van der Waals surface area (Å²) in [5, 5.41) is 3.46. The van der Waals surface area contributed by atoms with Crippen LogP contribution in [0.4, 0.5) is 22.0 Å². The maximum absolute atomic E-state index is 13.5. The maximum Gasteiger partial charge on any atom is 0.433 e. The van der Waals surface area contributed by atoms with Crippen molar-refractivity contribution in [2.24, 2.45) is 0 Å². The third-order valence-corrected chi connectivity index (χ3v) is 2.68. The lowest BCUT2D eigenvalue weighted by Gasteiger charge is -2.12. The summed E-state index contributed by atoms with van der Waals surface area (Å²) in [4.78, 5) is 0. The fourth-order valence-corrected chi connectivity index (χ4v) is 1.81. The third-order valence-electron chi connectivity index (χ3n) is 2.40. The number of nitrogens with zero attached hydrogens (tertiary/aromatic N) is 2. The molecule has 0 fully saturated rings. The van der Waals surface area contributed by atoms with Crippen molar-refractivity contribution in [2.75, 3.05) is 0 Å². The van der Waals surface area contributed by atoms with E-state index in [2.05, 4.69) is 5.10 Å². The molecule has 0 unspecified atom stereocenters. The van der Waals surface area contributed by atoms with Crippen LogP contribution in [0.5, 0.6) is 0 Å². The fraction of sp³-hybridized carbons (Fsp3) is 0.182. The Labute approximate surface area is 109 Å². The summed E-state index contributed by atoms with van der Waals surface area (Å²) in [6, 6.07) is 2.21. The number of alkyl halides is 4. The lowest BCUT2D eigenvalue weighted by molar-refractivity contribution is -0.143. The summed E-state index contributed by atoms with van der Waals surface area (Å²) < 4.78 is 65.4. The molecule has 0 aliphatic carbocycles. The summed E-state index contributed by atoms with van der Waals surface area (Å²) in [7, 11) is 0. The van der Waals surface area contributed by atoms with Crippen LogP contribution in [0.3, 0.4) is 0 Å². The second-order valence-corrected chi connectivity index (χ2v) is 3.92. The summed E-state index contributed by atoms with van der Waals surface area (Å²) in [5.41, 5.74) is -1.95. The van der Waals surface area contributed by atoms with Gasteiger partial charge >= 0.3 is 6.18 Å². The second-order valence-electron chi connectivity index (χ2n) is 3.66. The SMILES string of the molecule is Fc1ccc(-n2ncc(CCl)c2C(F)(F)F)c(F)c1. The predicted molar refractivity (Wildman–Crippen MR) is 58.0 cm³/mol. The lowest BCUT2D eigenvalue weighted by atomic mass is 10.2. The Kier molecular flexibility index (Phi) is 3.49. The number of hydrogen-bond donors (Lipinski definition) is 0. The zero-order chi connectivity index (χ0) is 14.2. The van der Waals surface area contributed by atoms with Crippen molar-refractivity contribution in [3.63, 3.8) is 0 Å². The fourth-order valence-electron chi connectivity index (χ4n) is 1.62. The first-order valence-corrected chi connectivity index (χ1v) is 5.53. The molecule has 0 spiro atoms. The van der Waals surface area contributed by atoms with Crippen molar-refractivity contribution in [3.05, 3.63) is 47.3 Å². The van der Waals surface area contributed by atoms with Crippen LogP contribution in [0.15, 0.2) is 24.4 Å². The number of aromatic nitrogens is 2. The molecule has 0 aliphatic rings. The molecule has 1 aromatic heterocycles. The highest BCUT2D eigenvalue weighted by molar-refractivity contribution is 6.17. The highest BCUT2D eigenvalue weighted by Crippen LogP contribution is 2.34. The van der Waals surface area contributed by atoms with Gasteiger partial charge in [-0.15, -0.1) is 11.6 Å². The van der Waals surface area contributed by atoms with Gasteiger partial charge in [0.25, 0.3) is 0 Å². The summed E-state index contributed by atoms with van der Waals surface area (Å²) in [6.07, 6.45) is -3.85. The average molecular weight is 297 g/mol. The van der Waals surface area contributed by atoms with E-state index in [9.17, 15) is 22.0 Å². The Balaban J connectivity index is 2.66. The molecule has 0 N–H and O–H groups in total. The van der Waals surface area contributed by atoms with Crippen molar-refractivity contribution in [1.82, 2.24) is 9.78 Å². The summed E-state index contributed by atoms with van der Waals surface area (Å²) in [6.45, 7) is 0. The summed E-state index contributed by atoms with van der Waals surface area (Å²) in [5.74, 6) is -2.45. The molecule has 0 aliphatic heterocycles. The molecule has 2 aromatic rings. The highest BCUT2D eigenvalue weighted by Gasteiger charge is 2.38. The second kappa shape index (κ2) is 4.80. The average Bonchev–Trinajstić information content (AvgIpc) is 2.72. The normalized spacial score (nSPS) is 11.9. The quantitative estimate of drug-likeness (QED) is 0.607. The van der Waals surface area contributed by atoms with Gasteiger partial charge in [0.05, 0.1) is 12.1 Å². The van der Waals surface area contributed by atoms with E-state index in [4.69, 9.17) is 11.6 Å². The first-order chi connectivity index (χ1) is 8.84. The van der Waals surface area contributed by atoms with E-state index in [1.165, 1.54) is 0 Å². The van der Waals surface area contributed by atoms with Crippen LogP contribution in [0.2, 0.25) is 0 Å². The molecule has 0 amide bonds. The molecule has 2 rings (SSSR count). The number of rotatable bonds is 2. The molecule has 0 atom stereocenters. The lowest BCUT2D eigenvalue weighted by Crippen LogP contribution is -2.16. The van der Waals surface area contributed by atoms with Gasteiger partial charge in [-0.05, 0) is 12.1 Å². The molecule has 19 heavy (non-hydrogen) atoms. The van der Waals surface area contributed by atoms with E-state index in [1.54, 1.807) is 0 Å². The molecule has 0 radical (unpaired) electrons. The van der Waals surface area contributed by atoms with Gasteiger partial charge in [0.2, 0.25) is 0 Å². The molecule has 1 aromatic carbocycles. The molecular formula is C11H6ClF5N2. The van der Waals surface area contributed by atoms with Crippen LogP contribution in [-0.4, -0.2) is 9.78 Å². The van der Waals surface area contributed by atoms with E-state index in [1.807, 2.05) is 0 Å². The first-order valence-electron chi connectivity index (χ1n) is 5.00. The molecule has 8 heteroatoms. The van der Waals surface area contributed by atoms with E-state index < -0.39 is 35.1 Å². The van der Waals surface area contributed by atoms with Gasteiger partial charge in [-0.1, -0.05) is 0 Å². The van der Waals surface area contributed by atoms with Gasteiger partial charge in [-0.25, -0.2) is 13.5 Å². The maximum atomic E-state index is 13.5. The zero-order valence-electron chi connectivity index (χ0n) is 9.18. The zero-order valence-corrected chi connectivity index (χ0v) is 9.93. The predicted octanol–water partition coefficient (Wildman–Crippen LogP) is 3.91. The van der Waals surface area contributed by atoms with Crippen LogP contribution < -0.4 is 0 Å². The molecule has 0 saturated carbocycles. The van der Waals surface area contributed by atoms with Crippen molar-refractivity contribution in [3.8, 4) is 5.69 Å². The van der Waals surface area contributed by atoms with Crippen molar-refractivity contribution in [1.29, 1.82) is 0 Å². The Morgan fingerprint density at radius 3 is 2.42 bits per heavy atom. The minimum atomic E-state index is -4.75. The van der Waals surface area contributed by atoms with E-state index in [-0.39, 0.29) is 5.56 Å². The smallest absolute Gasteiger partial charge is 0.225 e. The Morgan fingerprint density at radius 1 is 1.21 bits per heavy atom. The van der Waals surface area contributed by atoms with Gasteiger partial charge in [-0.3, -0.25) is 0 Å². The van der Waals surface area contributed by atoms with Crippen LogP contribution >= 0.6 is 11.6 Å². The van der Waals surface area contributed by atoms with E-state index in [0.717, 1.165) is 18.3 Å². The van der Waals surface area contributed by atoms with Gasteiger partial charge in [0, 0.05) is 11.6 Å². The van der Waals surface area contributed by atoms with Gasteiger partial charge in [0.15, 0.2) is 11.5 Å². The van der Waals surface area contributed by atoms with Gasteiger partial charge in [-0.2, -0.15) is 18.3 Å². The monoisotopic (exact) mass is 296 g/mol. The molecule has 0 saturated heterocycles. The van der Waals surface area contributed by atoms with Crippen molar-refractivity contribution >= 4 is 11.6 Å². The van der Waals surface area contributed by atoms with Crippen LogP contribution in [0.25, 0.3) is 5.69 Å². The topological polar surface area (TPSA) is 17.8 Å².